The molecule has 0 aliphatic rings. The van der Waals surface area contributed by atoms with Gasteiger partial charge in [-0.1, -0.05) is 0 Å². The van der Waals surface area contributed by atoms with E-state index in [2.05, 4.69) is 10.4 Å². The average Bonchev–Trinajstić information content (AvgIpc) is 2.74. The van der Waals surface area contributed by atoms with Crippen LogP contribution in [-0.2, 0) is 6.54 Å². The summed E-state index contributed by atoms with van der Waals surface area (Å²) in [4.78, 5) is 0. The Kier molecular flexibility index (Phi) is 4.02. The van der Waals surface area contributed by atoms with Gasteiger partial charge < -0.3 is 20.5 Å². The second-order valence-electron chi connectivity index (χ2n) is 4.39. The number of hydrogen-bond acceptors (Lipinski definition) is 5. The van der Waals surface area contributed by atoms with Crippen molar-refractivity contribution in [2.24, 2.45) is 0 Å². The van der Waals surface area contributed by atoms with Crippen LogP contribution in [-0.4, -0.2) is 24.0 Å². The quantitative estimate of drug-likeness (QED) is 0.878. The summed E-state index contributed by atoms with van der Waals surface area (Å²) in [5, 5.41) is 7.65. The van der Waals surface area contributed by atoms with E-state index in [-0.39, 0.29) is 0 Å². The third-order valence-corrected chi connectivity index (χ3v) is 3.09. The highest BCUT2D eigenvalue weighted by Crippen LogP contribution is 2.31. The van der Waals surface area contributed by atoms with Crippen molar-refractivity contribution in [1.29, 1.82) is 0 Å². The molecule has 1 heterocycles. The number of aryl methyl sites for hydroxylation is 2. The van der Waals surface area contributed by atoms with Crippen molar-refractivity contribution in [3.63, 3.8) is 0 Å². The number of benzene rings is 1. The van der Waals surface area contributed by atoms with E-state index in [1.165, 1.54) is 0 Å². The Bertz CT molecular complexity index is 585. The maximum absolute atomic E-state index is 6.06. The minimum atomic E-state index is 0.647. The van der Waals surface area contributed by atoms with Gasteiger partial charge >= 0.3 is 0 Å². The maximum atomic E-state index is 6.06. The fraction of sp³-hybridized carbons (Fsp3) is 0.357. The van der Waals surface area contributed by atoms with E-state index in [1.807, 2.05) is 36.7 Å². The van der Waals surface area contributed by atoms with Crippen molar-refractivity contribution >= 4 is 17.2 Å². The summed E-state index contributed by atoms with van der Waals surface area (Å²) in [6, 6.07) is 5.57. The van der Waals surface area contributed by atoms with Crippen LogP contribution in [0, 0.1) is 6.92 Å². The molecule has 0 spiro atoms. The van der Waals surface area contributed by atoms with Crippen molar-refractivity contribution in [3.8, 4) is 11.5 Å². The molecule has 1 aromatic heterocycles. The minimum Gasteiger partial charge on any atom is -0.497 e. The van der Waals surface area contributed by atoms with Gasteiger partial charge in [0, 0.05) is 30.4 Å². The lowest BCUT2D eigenvalue weighted by Gasteiger charge is -2.12. The number of nitrogens with one attached hydrogen (secondary N) is 1. The molecule has 108 valence electrons. The summed E-state index contributed by atoms with van der Waals surface area (Å²) in [6.45, 7) is 4.64. The molecule has 0 saturated carbocycles. The van der Waals surface area contributed by atoms with Crippen LogP contribution in [0.15, 0.2) is 18.2 Å². The van der Waals surface area contributed by atoms with E-state index in [0.29, 0.717) is 17.2 Å². The Hall–Kier alpha value is -2.37. The molecule has 0 fully saturated rings. The fourth-order valence-corrected chi connectivity index (χ4v) is 1.97. The van der Waals surface area contributed by atoms with Crippen molar-refractivity contribution in [1.82, 2.24) is 9.78 Å². The van der Waals surface area contributed by atoms with E-state index in [4.69, 9.17) is 15.2 Å². The molecule has 0 radical (unpaired) electrons. The lowest BCUT2D eigenvalue weighted by Crippen LogP contribution is -2.04. The number of nitrogens with two attached hydrogens (primary N) is 1. The van der Waals surface area contributed by atoms with Gasteiger partial charge in [-0.3, -0.25) is 0 Å². The number of hydrogen-bond donors (Lipinski definition) is 2. The molecule has 0 saturated heterocycles. The fourth-order valence-electron chi connectivity index (χ4n) is 1.97. The summed E-state index contributed by atoms with van der Waals surface area (Å²) in [5.41, 5.74) is 8.35. The minimum absolute atomic E-state index is 0.647. The van der Waals surface area contributed by atoms with Crippen molar-refractivity contribution in [2.45, 2.75) is 20.4 Å². The van der Waals surface area contributed by atoms with Crippen molar-refractivity contribution in [2.75, 3.05) is 25.3 Å². The second-order valence-corrected chi connectivity index (χ2v) is 4.39. The van der Waals surface area contributed by atoms with Crippen LogP contribution < -0.4 is 20.5 Å². The molecule has 0 aliphatic heterocycles. The largest absolute Gasteiger partial charge is 0.497 e. The normalized spacial score (nSPS) is 10.4. The Morgan fingerprint density at radius 1 is 1.20 bits per heavy atom. The third kappa shape index (κ3) is 2.64. The Balaban J connectivity index is 2.39. The predicted molar refractivity (Wildman–Crippen MR) is 79.9 cm³/mol. The molecule has 2 aromatic rings. The smallest absolute Gasteiger partial charge is 0.152 e. The van der Waals surface area contributed by atoms with Crippen LogP contribution in [0.5, 0.6) is 11.5 Å². The van der Waals surface area contributed by atoms with Gasteiger partial charge in [0.2, 0.25) is 0 Å². The van der Waals surface area contributed by atoms with Gasteiger partial charge in [-0.25, -0.2) is 4.68 Å². The van der Waals surface area contributed by atoms with Gasteiger partial charge in [-0.2, -0.15) is 5.10 Å². The third-order valence-electron chi connectivity index (χ3n) is 3.09. The molecule has 0 bridgehead atoms. The monoisotopic (exact) mass is 276 g/mol. The molecule has 3 N–H and O–H groups in total. The van der Waals surface area contributed by atoms with Crippen LogP contribution in [0.1, 0.15) is 12.6 Å². The van der Waals surface area contributed by atoms with Crippen LogP contribution >= 0.6 is 0 Å². The number of nitrogens with zero attached hydrogens (tertiary/aromatic N) is 2. The number of aromatic nitrogens is 2. The summed E-state index contributed by atoms with van der Waals surface area (Å²) >= 11 is 0. The van der Waals surface area contributed by atoms with E-state index in [0.717, 1.165) is 23.7 Å². The Morgan fingerprint density at radius 2 is 1.80 bits per heavy atom. The second kappa shape index (κ2) is 5.73. The zero-order valence-corrected chi connectivity index (χ0v) is 12.2. The van der Waals surface area contributed by atoms with Gasteiger partial charge in [-0.15, -0.1) is 0 Å². The number of nitrogen functional groups attached to an aromatic ring is 1. The zero-order valence-electron chi connectivity index (χ0n) is 12.2. The first kappa shape index (κ1) is 14.0. The summed E-state index contributed by atoms with van der Waals surface area (Å²) in [7, 11) is 3.24. The summed E-state index contributed by atoms with van der Waals surface area (Å²) in [6.07, 6.45) is 0. The van der Waals surface area contributed by atoms with E-state index >= 15 is 0 Å². The predicted octanol–water partition coefficient (Wildman–Crippen LogP) is 2.55. The summed E-state index contributed by atoms with van der Waals surface area (Å²) < 4.78 is 12.3. The van der Waals surface area contributed by atoms with Gasteiger partial charge in [0.15, 0.2) is 5.82 Å². The molecule has 0 aliphatic carbocycles. The molecular formula is C14H20N4O2. The van der Waals surface area contributed by atoms with E-state index in [9.17, 15) is 0 Å². The van der Waals surface area contributed by atoms with Gasteiger partial charge in [0.25, 0.3) is 0 Å². The van der Waals surface area contributed by atoms with Gasteiger partial charge in [-0.05, 0) is 13.8 Å². The van der Waals surface area contributed by atoms with Crippen LogP contribution in [0.2, 0.25) is 0 Å². The molecular weight excluding hydrogens is 256 g/mol. The first-order valence-electron chi connectivity index (χ1n) is 6.42. The summed E-state index contributed by atoms with van der Waals surface area (Å²) in [5.74, 6) is 2.20. The SMILES string of the molecule is CCn1nc(C)c(N)c1Nc1cc(OC)cc(OC)c1. The van der Waals surface area contributed by atoms with E-state index in [1.54, 1.807) is 14.2 Å². The Labute approximate surface area is 118 Å². The topological polar surface area (TPSA) is 74.3 Å². The standard InChI is InChI=1S/C14H20N4O2/c1-5-18-14(13(15)9(2)17-18)16-10-6-11(19-3)8-12(7-10)20-4/h6-8,16H,5,15H2,1-4H3. The molecule has 1 aromatic carbocycles. The van der Waals surface area contributed by atoms with Crippen LogP contribution in [0.3, 0.4) is 0 Å². The highest BCUT2D eigenvalue weighted by molar-refractivity contribution is 5.72. The molecule has 0 atom stereocenters. The first-order chi connectivity index (χ1) is 9.58. The van der Waals surface area contributed by atoms with E-state index < -0.39 is 0 Å². The Morgan fingerprint density at radius 3 is 2.30 bits per heavy atom. The molecule has 6 nitrogen and oxygen atoms in total. The first-order valence-corrected chi connectivity index (χ1v) is 6.42. The molecule has 0 amide bonds. The molecule has 6 heteroatoms. The maximum Gasteiger partial charge on any atom is 0.152 e. The number of ether oxygens (including phenoxy) is 2. The van der Waals surface area contributed by atoms with Gasteiger partial charge in [0.1, 0.15) is 11.5 Å². The lowest BCUT2D eigenvalue weighted by atomic mass is 10.2. The lowest BCUT2D eigenvalue weighted by molar-refractivity contribution is 0.395. The molecule has 0 unspecified atom stereocenters. The van der Waals surface area contributed by atoms with Crippen LogP contribution in [0.4, 0.5) is 17.2 Å². The number of methoxy groups -OCH3 is 2. The average molecular weight is 276 g/mol. The highest BCUT2D eigenvalue weighted by Gasteiger charge is 2.12. The molecule has 20 heavy (non-hydrogen) atoms. The zero-order chi connectivity index (χ0) is 14.7. The van der Waals surface area contributed by atoms with Crippen molar-refractivity contribution < 1.29 is 9.47 Å². The number of anilines is 3. The van der Waals surface area contributed by atoms with Crippen LogP contribution in [0.25, 0.3) is 0 Å². The highest BCUT2D eigenvalue weighted by atomic mass is 16.5. The number of rotatable bonds is 5. The van der Waals surface area contributed by atoms with Crippen molar-refractivity contribution in [3.05, 3.63) is 23.9 Å². The molecule has 2 rings (SSSR count). The van der Waals surface area contributed by atoms with Gasteiger partial charge in [0.05, 0.1) is 25.6 Å².